The number of likely N-dealkylation sites (N-methyl/N-ethyl adjacent to an activating group) is 1. The van der Waals surface area contributed by atoms with Crippen LogP contribution in [-0.4, -0.2) is 35.3 Å². The maximum Gasteiger partial charge on any atom is 0.203 e. The fourth-order valence-corrected chi connectivity index (χ4v) is 4.45. The summed E-state index contributed by atoms with van der Waals surface area (Å²) < 4.78 is 2.28. The van der Waals surface area contributed by atoms with Gasteiger partial charge in [0.15, 0.2) is 6.29 Å². The van der Waals surface area contributed by atoms with Gasteiger partial charge in [0.1, 0.15) is 0 Å². The van der Waals surface area contributed by atoms with Crippen LogP contribution in [-0.2, 0) is 4.79 Å². The molecule has 1 N–H and O–H groups in total. The van der Waals surface area contributed by atoms with Crippen molar-refractivity contribution in [3.05, 3.63) is 114 Å². The van der Waals surface area contributed by atoms with Crippen LogP contribution in [0.3, 0.4) is 0 Å². The van der Waals surface area contributed by atoms with E-state index in [1.54, 1.807) is 4.90 Å². The summed E-state index contributed by atoms with van der Waals surface area (Å²) in [4.78, 5) is 18.7. The first-order chi connectivity index (χ1) is 17.7. The summed E-state index contributed by atoms with van der Waals surface area (Å²) >= 11 is 0. The van der Waals surface area contributed by atoms with E-state index in [0.29, 0.717) is 18.2 Å². The van der Waals surface area contributed by atoms with E-state index in [0.717, 1.165) is 39.6 Å². The van der Waals surface area contributed by atoms with E-state index in [9.17, 15) is 4.79 Å². The number of aldehydes is 1. The number of hydrogen-bond acceptors (Lipinski definition) is 2. The van der Waals surface area contributed by atoms with Crippen molar-refractivity contribution in [3.8, 4) is 5.69 Å². The van der Waals surface area contributed by atoms with Crippen LogP contribution < -0.4 is 5.32 Å². The van der Waals surface area contributed by atoms with Crippen LogP contribution in [0.25, 0.3) is 33.6 Å². The Labute approximate surface area is 211 Å². The zero-order valence-corrected chi connectivity index (χ0v) is 20.4. The molecule has 0 spiro atoms. The number of aliphatic imine (C=N–C) groups is 1. The molecule has 0 saturated heterocycles. The van der Waals surface area contributed by atoms with Crippen molar-refractivity contribution in [3.63, 3.8) is 0 Å². The minimum atomic E-state index is 0.511. The molecular weight excluding hydrogens is 444 g/mol. The third-order valence-corrected chi connectivity index (χ3v) is 6.18. The number of hydrogen-bond donors (Lipinski definition) is 1. The maximum absolute atomic E-state index is 12.2. The van der Waals surface area contributed by atoms with Crippen LogP contribution in [0.5, 0.6) is 0 Å². The highest BCUT2D eigenvalue weighted by Gasteiger charge is 2.14. The highest BCUT2D eigenvalue weighted by Crippen LogP contribution is 2.33. The molecule has 0 unspecified atom stereocenters. The van der Waals surface area contributed by atoms with E-state index < -0.39 is 0 Å². The summed E-state index contributed by atoms with van der Waals surface area (Å²) in [7, 11) is 1.85. The Kier molecular flexibility index (Phi) is 6.63. The SMILES string of the molecule is CCNC(=Nc1ccccc1)N(C)/C(C=O)=C/c1ccc2c(c1)c1ccccc1n2-c1ccccc1. The van der Waals surface area contributed by atoms with Crippen molar-refractivity contribution in [2.75, 3.05) is 13.6 Å². The first-order valence-electron chi connectivity index (χ1n) is 12.1. The molecule has 0 aliphatic rings. The predicted molar refractivity (Wildman–Crippen MR) is 150 cm³/mol. The number of carbonyl (C=O) groups is 1. The highest BCUT2D eigenvalue weighted by atomic mass is 16.1. The summed E-state index contributed by atoms with van der Waals surface area (Å²) in [5, 5.41) is 5.59. The molecule has 36 heavy (non-hydrogen) atoms. The Morgan fingerprint density at radius 1 is 0.861 bits per heavy atom. The Balaban J connectivity index is 1.59. The molecule has 178 valence electrons. The number of nitrogens with one attached hydrogen (secondary N) is 1. The number of benzene rings is 4. The third kappa shape index (κ3) is 4.51. The summed E-state index contributed by atoms with van der Waals surface area (Å²) in [6.45, 7) is 2.70. The van der Waals surface area contributed by atoms with Crippen LogP contribution in [0.2, 0.25) is 0 Å². The molecule has 0 radical (unpaired) electrons. The lowest BCUT2D eigenvalue weighted by Crippen LogP contribution is -2.38. The number of rotatable bonds is 6. The Morgan fingerprint density at radius 3 is 2.25 bits per heavy atom. The summed E-state index contributed by atoms with van der Waals surface area (Å²) in [6.07, 6.45) is 2.77. The van der Waals surface area contributed by atoms with Gasteiger partial charge in [-0.3, -0.25) is 4.79 Å². The monoisotopic (exact) mass is 472 g/mol. The number of carbonyl (C=O) groups excluding carboxylic acids is 1. The Morgan fingerprint density at radius 2 is 1.53 bits per heavy atom. The van der Waals surface area contributed by atoms with Crippen LogP contribution >= 0.6 is 0 Å². The Bertz CT molecular complexity index is 1570. The quantitative estimate of drug-likeness (QED) is 0.132. The van der Waals surface area contributed by atoms with Crippen molar-refractivity contribution in [2.24, 2.45) is 4.99 Å². The van der Waals surface area contributed by atoms with Gasteiger partial charge >= 0.3 is 0 Å². The number of allylic oxidation sites excluding steroid dienone is 1. The molecule has 1 aromatic heterocycles. The second-order valence-electron chi connectivity index (χ2n) is 8.51. The molecule has 1 heterocycles. The fraction of sp³-hybridized carbons (Fsp3) is 0.0968. The first kappa shape index (κ1) is 23.1. The molecule has 4 aromatic carbocycles. The second kappa shape index (κ2) is 10.3. The molecule has 0 saturated carbocycles. The van der Waals surface area contributed by atoms with Gasteiger partial charge in [0.05, 0.1) is 22.4 Å². The smallest absolute Gasteiger partial charge is 0.203 e. The minimum absolute atomic E-state index is 0.511. The standard InChI is InChI=1S/C31H28N4O/c1-3-32-31(33-24-12-6-4-7-13-24)34(2)26(22-36)20-23-18-19-30-28(21-23)27-16-10-11-17-29(27)35(30)25-14-8-5-9-15-25/h4-22H,3H2,1-2H3,(H,32,33)/b26-20+. The zero-order valence-electron chi connectivity index (χ0n) is 20.4. The van der Waals surface area contributed by atoms with Crippen LogP contribution in [0, 0.1) is 0 Å². The summed E-state index contributed by atoms with van der Waals surface area (Å²) in [6, 6.07) is 34.8. The van der Waals surface area contributed by atoms with Crippen LogP contribution in [0.15, 0.2) is 114 Å². The van der Waals surface area contributed by atoms with E-state index >= 15 is 0 Å². The molecule has 5 heteroatoms. The maximum atomic E-state index is 12.2. The van der Waals surface area contributed by atoms with E-state index in [1.165, 1.54) is 5.39 Å². The lowest BCUT2D eigenvalue weighted by molar-refractivity contribution is -0.105. The van der Waals surface area contributed by atoms with E-state index in [1.807, 2.05) is 56.4 Å². The molecule has 0 aliphatic carbocycles. The van der Waals surface area contributed by atoms with Crippen molar-refractivity contribution in [1.29, 1.82) is 0 Å². The van der Waals surface area contributed by atoms with Crippen molar-refractivity contribution >= 4 is 45.8 Å². The summed E-state index contributed by atoms with van der Waals surface area (Å²) in [5.74, 6) is 0.615. The molecule has 0 atom stereocenters. The van der Waals surface area contributed by atoms with Gasteiger partial charge in [-0.2, -0.15) is 0 Å². The normalized spacial score (nSPS) is 12.2. The number of fused-ring (bicyclic) bond motifs is 3. The zero-order chi connectivity index (χ0) is 24.9. The Hall–Kier alpha value is -4.64. The minimum Gasteiger partial charge on any atom is -0.356 e. The van der Waals surface area contributed by atoms with Gasteiger partial charge in [0.25, 0.3) is 0 Å². The summed E-state index contributed by atoms with van der Waals surface area (Å²) in [5.41, 5.74) is 5.67. The molecular formula is C31H28N4O. The van der Waals surface area contributed by atoms with Gasteiger partial charge in [0, 0.05) is 30.1 Å². The van der Waals surface area contributed by atoms with Crippen LogP contribution in [0.4, 0.5) is 5.69 Å². The number of aromatic nitrogens is 1. The van der Waals surface area contributed by atoms with Crippen molar-refractivity contribution in [2.45, 2.75) is 6.92 Å². The predicted octanol–water partition coefficient (Wildman–Crippen LogP) is 6.55. The molecule has 0 fully saturated rings. The lowest BCUT2D eigenvalue weighted by Gasteiger charge is -2.22. The van der Waals surface area contributed by atoms with Crippen LogP contribution in [0.1, 0.15) is 12.5 Å². The molecule has 0 amide bonds. The van der Waals surface area contributed by atoms with Gasteiger partial charge < -0.3 is 14.8 Å². The van der Waals surface area contributed by atoms with Gasteiger partial charge in [-0.15, -0.1) is 0 Å². The molecule has 5 nitrogen and oxygen atoms in total. The molecule has 5 aromatic rings. The van der Waals surface area contributed by atoms with Gasteiger partial charge in [-0.25, -0.2) is 4.99 Å². The molecule has 0 aliphatic heterocycles. The van der Waals surface area contributed by atoms with Gasteiger partial charge in [-0.05, 0) is 61.0 Å². The highest BCUT2D eigenvalue weighted by molar-refractivity contribution is 6.10. The fourth-order valence-electron chi connectivity index (χ4n) is 4.45. The van der Waals surface area contributed by atoms with Crippen molar-refractivity contribution < 1.29 is 4.79 Å². The van der Waals surface area contributed by atoms with E-state index in [-0.39, 0.29) is 0 Å². The number of para-hydroxylation sites is 3. The number of guanidine groups is 1. The topological polar surface area (TPSA) is 49.6 Å². The van der Waals surface area contributed by atoms with Crippen molar-refractivity contribution in [1.82, 2.24) is 14.8 Å². The van der Waals surface area contributed by atoms with Gasteiger partial charge in [0.2, 0.25) is 5.96 Å². The molecule has 0 bridgehead atoms. The lowest BCUT2D eigenvalue weighted by atomic mass is 10.1. The second-order valence-corrected chi connectivity index (χ2v) is 8.51. The van der Waals surface area contributed by atoms with Gasteiger partial charge in [-0.1, -0.05) is 60.7 Å². The first-order valence-corrected chi connectivity index (χ1v) is 12.1. The number of nitrogens with zero attached hydrogens (tertiary/aromatic N) is 3. The molecule has 5 rings (SSSR count). The third-order valence-electron chi connectivity index (χ3n) is 6.18. The largest absolute Gasteiger partial charge is 0.356 e. The van der Waals surface area contributed by atoms with E-state index in [4.69, 9.17) is 4.99 Å². The average Bonchev–Trinajstić information content (AvgIpc) is 3.26. The average molecular weight is 473 g/mol. The van der Waals surface area contributed by atoms with E-state index in [2.05, 4.69) is 76.6 Å².